The van der Waals surface area contributed by atoms with Gasteiger partial charge in [0, 0.05) is 12.8 Å². The molecule has 0 bridgehead atoms. The highest BCUT2D eigenvalue weighted by Crippen LogP contribution is 2.38. The molecular weight excluding hydrogens is 204 g/mol. The second kappa shape index (κ2) is 3.59. The highest BCUT2D eigenvalue weighted by atomic mass is 35.5. The lowest BCUT2D eigenvalue weighted by Gasteiger charge is -2.40. The Kier molecular flexibility index (Phi) is 2.97. The predicted octanol–water partition coefficient (Wildman–Crippen LogP) is 1.05. The molecule has 2 rings (SSSR count). The van der Waals surface area contributed by atoms with Crippen molar-refractivity contribution in [1.82, 2.24) is 10.6 Å². The third kappa shape index (κ3) is 1.57. The standard InChI is InChI=1S/C9H16N2O2.ClH/c1-8(2)9(13-7(12)11-8)3-5-10-6-4-9;/h10H,3-6H2,1-2H3,(H,11,12);1H. The quantitative estimate of drug-likeness (QED) is 0.642. The van der Waals surface area contributed by atoms with Gasteiger partial charge in [0.2, 0.25) is 0 Å². The molecule has 5 heteroatoms. The maximum atomic E-state index is 11.2. The Bertz CT molecular complexity index is 237. The second-order valence-corrected chi connectivity index (χ2v) is 4.38. The largest absolute Gasteiger partial charge is 0.440 e. The van der Waals surface area contributed by atoms with E-state index in [1.165, 1.54) is 0 Å². The highest BCUT2D eigenvalue weighted by molar-refractivity contribution is 5.85. The Morgan fingerprint density at radius 2 is 1.86 bits per heavy atom. The molecule has 1 amide bonds. The Hall–Kier alpha value is -0.480. The van der Waals surface area contributed by atoms with Gasteiger partial charge in [-0.05, 0) is 26.9 Å². The van der Waals surface area contributed by atoms with E-state index in [0.717, 1.165) is 25.9 Å². The lowest BCUT2D eigenvalue weighted by molar-refractivity contribution is -0.0144. The summed E-state index contributed by atoms with van der Waals surface area (Å²) in [5, 5.41) is 6.13. The molecule has 0 aromatic rings. The van der Waals surface area contributed by atoms with Crippen LogP contribution in [0.25, 0.3) is 0 Å². The molecule has 0 aliphatic carbocycles. The smallest absolute Gasteiger partial charge is 0.408 e. The maximum absolute atomic E-state index is 11.2. The molecular formula is C9H17ClN2O2. The maximum Gasteiger partial charge on any atom is 0.408 e. The first-order chi connectivity index (χ1) is 6.06. The van der Waals surface area contributed by atoms with Crippen LogP contribution in [0.3, 0.4) is 0 Å². The van der Waals surface area contributed by atoms with E-state index in [4.69, 9.17) is 4.74 Å². The van der Waals surface area contributed by atoms with Crippen LogP contribution in [0.1, 0.15) is 26.7 Å². The number of rotatable bonds is 0. The fraction of sp³-hybridized carbons (Fsp3) is 0.889. The van der Waals surface area contributed by atoms with Crippen LogP contribution in [-0.2, 0) is 4.74 Å². The first-order valence-electron chi connectivity index (χ1n) is 4.78. The van der Waals surface area contributed by atoms with Gasteiger partial charge in [-0.3, -0.25) is 0 Å². The summed E-state index contributed by atoms with van der Waals surface area (Å²) >= 11 is 0. The van der Waals surface area contributed by atoms with Crippen molar-refractivity contribution in [1.29, 1.82) is 0 Å². The topological polar surface area (TPSA) is 50.4 Å². The molecule has 0 unspecified atom stereocenters. The lowest BCUT2D eigenvalue weighted by atomic mass is 9.77. The van der Waals surface area contributed by atoms with Gasteiger partial charge < -0.3 is 15.4 Å². The molecule has 2 fully saturated rings. The van der Waals surface area contributed by atoms with E-state index >= 15 is 0 Å². The van der Waals surface area contributed by atoms with Crippen molar-refractivity contribution in [3.8, 4) is 0 Å². The van der Waals surface area contributed by atoms with E-state index < -0.39 is 0 Å². The summed E-state index contributed by atoms with van der Waals surface area (Å²) in [6.07, 6.45) is 1.53. The molecule has 2 aliphatic heterocycles. The molecule has 1 spiro atoms. The minimum absolute atomic E-state index is 0. The van der Waals surface area contributed by atoms with E-state index in [-0.39, 0.29) is 29.6 Å². The number of piperidine rings is 1. The van der Waals surface area contributed by atoms with Crippen LogP contribution in [0.15, 0.2) is 0 Å². The van der Waals surface area contributed by atoms with Gasteiger partial charge in [0.05, 0.1) is 5.54 Å². The van der Waals surface area contributed by atoms with Crippen LogP contribution < -0.4 is 10.6 Å². The van der Waals surface area contributed by atoms with E-state index in [1.54, 1.807) is 0 Å². The van der Waals surface area contributed by atoms with Gasteiger partial charge in [-0.2, -0.15) is 0 Å². The molecule has 2 heterocycles. The van der Waals surface area contributed by atoms with Gasteiger partial charge in [0.1, 0.15) is 5.60 Å². The molecule has 0 atom stereocenters. The van der Waals surface area contributed by atoms with E-state index in [0.29, 0.717) is 0 Å². The lowest BCUT2D eigenvalue weighted by Crippen LogP contribution is -2.57. The number of carbonyl (C=O) groups excluding carboxylic acids is 1. The molecule has 0 aromatic heterocycles. The van der Waals surface area contributed by atoms with Crippen LogP contribution >= 0.6 is 12.4 Å². The minimum Gasteiger partial charge on any atom is -0.440 e. The van der Waals surface area contributed by atoms with Crippen molar-refractivity contribution in [2.75, 3.05) is 13.1 Å². The number of alkyl carbamates (subject to hydrolysis) is 1. The van der Waals surface area contributed by atoms with E-state index in [1.807, 2.05) is 13.8 Å². The molecule has 2 saturated heterocycles. The van der Waals surface area contributed by atoms with Crippen molar-refractivity contribution in [3.05, 3.63) is 0 Å². The SMILES string of the molecule is CC1(C)NC(=O)OC12CCNCC2.Cl. The van der Waals surface area contributed by atoms with E-state index in [2.05, 4.69) is 10.6 Å². The average molecular weight is 221 g/mol. The van der Waals surface area contributed by atoms with Crippen LogP contribution in [-0.4, -0.2) is 30.3 Å². The zero-order valence-electron chi connectivity index (χ0n) is 8.55. The number of amides is 1. The Morgan fingerprint density at radius 1 is 1.29 bits per heavy atom. The number of nitrogens with one attached hydrogen (secondary N) is 2. The molecule has 2 aliphatic rings. The zero-order chi connectivity index (χ0) is 9.53. The van der Waals surface area contributed by atoms with E-state index in [9.17, 15) is 4.79 Å². The van der Waals surface area contributed by atoms with Gasteiger partial charge in [-0.15, -0.1) is 12.4 Å². The van der Waals surface area contributed by atoms with Crippen molar-refractivity contribution >= 4 is 18.5 Å². The van der Waals surface area contributed by atoms with Crippen molar-refractivity contribution in [2.45, 2.75) is 37.8 Å². The Labute approximate surface area is 90.2 Å². The molecule has 0 aromatic carbocycles. The van der Waals surface area contributed by atoms with Gasteiger partial charge in [0.15, 0.2) is 0 Å². The molecule has 14 heavy (non-hydrogen) atoms. The van der Waals surface area contributed by atoms with Crippen molar-refractivity contribution in [2.24, 2.45) is 0 Å². The number of carbonyl (C=O) groups is 1. The fourth-order valence-electron chi connectivity index (χ4n) is 2.26. The van der Waals surface area contributed by atoms with Crippen molar-refractivity contribution in [3.63, 3.8) is 0 Å². The molecule has 0 radical (unpaired) electrons. The molecule has 0 saturated carbocycles. The normalized spacial score (nSPS) is 27.7. The summed E-state index contributed by atoms with van der Waals surface area (Å²) in [5.41, 5.74) is -0.512. The summed E-state index contributed by atoms with van der Waals surface area (Å²) < 4.78 is 5.42. The highest BCUT2D eigenvalue weighted by Gasteiger charge is 2.54. The summed E-state index contributed by atoms with van der Waals surface area (Å²) in [6.45, 7) is 5.92. The average Bonchev–Trinajstić information content (AvgIpc) is 2.23. The minimum atomic E-state index is -0.282. The summed E-state index contributed by atoms with van der Waals surface area (Å²) in [4.78, 5) is 11.2. The summed E-state index contributed by atoms with van der Waals surface area (Å²) in [7, 11) is 0. The number of halogens is 1. The Morgan fingerprint density at radius 3 is 2.29 bits per heavy atom. The summed E-state index contributed by atoms with van der Waals surface area (Å²) in [6, 6.07) is 0. The zero-order valence-corrected chi connectivity index (χ0v) is 9.37. The van der Waals surface area contributed by atoms with Crippen LogP contribution in [0, 0.1) is 0 Å². The fourth-order valence-corrected chi connectivity index (χ4v) is 2.26. The number of hydrogen-bond acceptors (Lipinski definition) is 3. The predicted molar refractivity (Wildman–Crippen MR) is 55.8 cm³/mol. The van der Waals surface area contributed by atoms with Crippen LogP contribution in [0.5, 0.6) is 0 Å². The number of ether oxygens (including phenoxy) is 1. The van der Waals surface area contributed by atoms with Gasteiger partial charge in [-0.25, -0.2) is 4.79 Å². The van der Waals surface area contributed by atoms with Gasteiger partial charge >= 0.3 is 6.09 Å². The van der Waals surface area contributed by atoms with Gasteiger partial charge in [0.25, 0.3) is 0 Å². The molecule has 2 N–H and O–H groups in total. The van der Waals surface area contributed by atoms with Crippen LogP contribution in [0.2, 0.25) is 0 Å². The third-order valence-corrected chi connectivity index (χ3v) is 3.25. The third-order valence-electron chi connectivity index (χ3n) is 3.25. The first-order valence-corrected chi connectivity index (χ1v) is 4.78. The monoisotopic (exact) mass is 220 g/mol. The Balaban J connectivity index is 0.000000980. The molecule has 82 valence electrons. The van der Waals surface area contributed by atoms with Crippen molar-refractivity contribution < 1.29 is 9.53 Å². The number of hydrogen-bond donors (Lipinski definition) is 2. The van der Waals surface area contributed by atoms with Crippen LogP contribution in [0.4, 0.5) is 4.79 Å². The first kappa shape index (κ1) is 11.6. The second-order valence-electron chi connectivity index (χ2n) is 4.38. The summed E-state index contributed by atoms with van der Waals surface area (Å²) in [5.74, 6) is 0. The van der Waals surface area contributed by atoms with Gasteiger partial charge in [-0.1, -0.05) is 0 Å². The molecule has 4 nitrogen and oxygen atoms in total.